The highest BCUT2D eigenvalue weighted by Gasteiger charge is 2.18. The van der Waals surface area contributed by atoms with Gasteiger partial charge in [0.2, 0.25) is 0 Å². The van der Waals surface area contributed by atoms with Gasteiger partial charge in [-0.15, -0.1) is 0 Å². The van der Waals surface area contributed by atoms with E-state index in [-0.39, 0.29) is 11.7 Å². The summed E-state index contributed by atoms with van der Waals surface area (Å²) < 4.78 is 16.1. The van der Waals surface area contributed by atoms with Crippen molar-refractivity contribution in [1.29, 1.82) is 0 Å². The van der Waals surface area contributed by atoms with Crippen molar-refractivity contribution in [2.24, 2.45) is 0 Å². The highest BCUT2D eigenvalue weighted by molar-refractivity contribution is 7.99. The van der Waals surface area contributed by atoms with Crippen LogP contribution in [0.25, 0.3) is 16.9 Å². The first-order valence-electron chi connectivity index (χ1n) is 10.9. The van der Waals surface area contributed by atoms with E-state index in [2.05, 4.69) is 15.4 Å². The molecule has 1 amide bonds. The first kappa shape index (κ1) is 21.5. The second-order valence-electron chi connectivity index (χ2n) is 8.02. The molecule has 2 aromatic carbocycles. The van der Waals surface area contributed by atoms with Gasteiger partial charge in [0.25, 0.3) is 5.91 Å². The Bertz CT molecular complexity index is 1300. The maximum atomic E-state index is 14.4. The molecule has 0 radical (unpaired) electrons. The summed E-state index contributed by atoms with van der Waals surface area (Å²) in [4.78, 5) is 19.2. The molecule has 3 heterocycles. The summed E-state index contributed by atoms with van der Waals surface area (Å²) in [5.41, 5.74) is 4.33. The first-order chi connectivity index (χ1) is 16.1. The molecule has 33 heavy (non-hydrogen) atoms. The molecule has 1 aliphatic rings. The molecule has 1 fully saturated rings. The van der Waals surface area contributed by atoms with Crippen LogP contribution >= 0.6 is 11.8 Å². The van der Waals surface area contributed by atoms with Crippen molar-refractivity contribution in [3.05, 3.63) is 77.7 Å². The molecule has 9 heteroatoms. The Labute approximate surface area is 196 Å². The van der Waals surface area contributed by atoms with Gasteiger partial charge in [-0.3, -0.25) is 4.79 Å². The molecule has 166 valence electrons. The molecule has 5 rings (SSSR count). The summed E-state index contributed by atoms with van der Waals surface area (Å²) in [5, 5.41) is 7.82. The SMILES string of the molecule is Bc1cnn2c(NCc3ccc(C(=O)N4CCSCC4)cc3)cc(-c3ccccc3F)nc12. The Morgan fingerprint density at radius 3 is 2.64 bits per heavy atom. The molecule has 0 aliphatic carbocycles. The van der Waals surface area contributed by atoms with E-state index < -0.39 is 0 Å². The molecule has 1 saturated heterocycles. The van der Waals surface area contributed by atoms with Crippen LogP contribution in [0.2, 0.25) is 0 Å². The third-order valence-electron chi connectivity index (χ3n) is 5.77. The van der Waals surface area contributed by atoms with Crippen molar-refractivity contribution in [2.45, 2.75) is 6.54 Å². The Kier molecular flexibility index (Phi) is 6.04. The number of carbonyl (C=O) groups excluding carboxylic acids is 1. The molecule has 1 aliphatic heterocycles. The molecule has 1 N–H and O–H groups in total. The molecule has 6 nitrogen and oxygen atoms in total. The predicted octanol–water partition coefficient (Wildman–Crippen LogP) is 2.59. The first-order valence-corrected chi connectivity index (χ1v) is 12.1. The Morgan fingerprint density at radius 2 is 1.88 bits per heavy atom. The predicted molar refractivity (Wildman–Crippen MR) is 134 cm³/mol. The number of anilines is 1. The molecule has 2 aromatic heterocycles. The highest BCUT2D eigenvalue weighted by Crippen LogP contribution is 2.24. The lowest BCUT2D eigenvalue weighted by Crippen LogP contribution is -2.37. The fourth-order valence-corrected chi connectivity index (χ4v) is 4.82. The van der Waals surface area contributed by atoms with Gasteiger partial charge in [0.15, 0.2) is 5.65 Å². The number of hydrogen-bond acceptors (Lipinski definition) is 5. The van der Waals surface area contributed by atoms with Gasteiger partial charge in [0, 0.05) is 54.5 Å². The number of halogens is 1. The maximum absolute atomic E-state index is 14.4. The van der Waals surface area contributed by atoms with E-state index in [9.17, 15) is 9.18 Å². The molecular weight excluding hydrogens is 436 g/mol. The van der Waals surface area contributed by atoms with Gasteiger partial charge in [-0.1, -0.05) is 24.3 Å². The molecular formula is C24H23BFN5OS. The van der Waals surface area contributed by atoms with E-state index in [1.807, 2.05) is 54.8 Å². The number of aromatic nitrogens is 3. The van der Waals surface area contributed by atoms with Crippen LogP contribution in [-0.2, 0) is 6.54 Å². The summed E-state index contributed by atoms with van der Waals surface area (Å²) in [6.07, 6.45) is 1.75. The Balaban J connectivity index is 1.37. The Morgan fingerprint density at radius 1 is 1.12 bits per heavy atom. The lowest BCUT2D eigenvalue weighted by molar-refractivity contribution is 0.0772. The van der Waals surface area contributed by atoms with E-state index in [0.29, 0.717) is 29.0 Å². The summed E-state index contributed by atoms with van der Waals surface area (Å²) in [5.74, 6) is 2.49. The number of carbonyl (C=O) groups is 1. The van der Waals surface area contributed by atoms with Crippen molar-refractivity contribution in [3.63, 3.8) is 0 Å². The van der Waals surface area contributed by atoms with Crippen molar-refractivity contribution >= 4 is 42.4 Å². The molecule has 0 spiro atoms. The smallest absolute Gasteiger partial charge is 0.253 e. The number of fused-ring (bicyclic) bond motifs is 1. The maximum Gasteiger partial charge on any atom is 0.253 e. The van der Waals surface area contributed by atoms with Crippen LogP contribution in [0.4, 0.5) is 10.2 Å². The molecule has 0 atom stereocenters. The normalized spacial score (nSPS) is 13.9. The molecule has 0 saturated carbocycles. The summed E-state index contributed by atoms with van der Waals surface area (Å²) >= 11 is 1.89. The van der Waals surface area contributed by atoms with E-state index in [1.165, 1.54) is 6.07 Å². The lowest BCUT2D eigenvalue weighted by Gasteiger charge is -2.26. The van der Waals surface area contributed by atoms with Gasteiger partial charge in [-0.2, -0.15) is 21.4 Å². The van der Waals surface area contributed by atoms with Crippen LogP contribution in [0.15, 0.2) is 60.8 Å². The number of nitrogens with zero attached hydrogens (tertiary/aromatic N) is 4. The van der Waals surface area contributed by atoms with Gasteiger partial charge >= 0.3 is 0 Å². The number of hydrogen-bond donors (Lipinski definition) is 1. The zero-order chi connectivity index (χ0) is 22.8. The second-order valence-corrected chi connectivity index (χ2v) is 9.25. The average molecular weight is 459 g/mol. The minimum absolute atomic E-state index is 0.0900. The van der Waals surface area contributed by atoms with E-state index >= 15 is 0 Å². The fraction of sp³-hybridized carbons (Fsp3) is 0.208. The number of amides is 1. The minimum Gasteiger partial charge on any atom is -0.366 e. The summed E-state index contributed by atoms with van der Waals surface area (Å²) in [6.45, 7) is 2.14. The summed E-state index contributed by atoms with van der Waals surface area (Å²) in [6, 6.07) is 16.1. The zero-order valence-electron chi connectivity index (χ0n) is 18.3. The van der Waals surface area contributed by atoms with Crippen LogP contribution < -0.4 is 10.8 Å². The van der Waals surface area contributed by atoms with Crippen molar-refractivity contribution in [3.8, 4) is 11.3 Å². The van der Waals surface area contributed by atoms with E-state index in [4.69, 9.17) is 0 Å². The number of rotatable bonds is 5. The third kappa shape index (κ3) is 4.46. The lowest BCUT2D eigenvalue weighted by atomic mass is 10.0. The quantitative estimate of drug-likeness (QED) is 0.465. The van der Waals surface area contributed by atoms with E-state index in [0.717, 1.165) is 41.4 Å². The van der Waals surface area contributed by atoms with E-state index in [1.54, 1.807) is 28.9 Å². The van der Waals surface area contributed by atoms with Crippen LogP contribution in [0, 0.1) is 5.82 Å². The average Bonchev–Trinajstić information content (AvgIpc) is 3.24. The van der Waals surface area contributed by atoms with Gasteiger partial charge in [-0.05, 0) is 35.3 Å². The number of nitrogens with one attached hydrogen (secondary N) is 1. The van der Waals surface area contributed by atoms with Crippen LogP contribution in [0.3, 0.4) is 0 Å². The molecule has 0 bridgehead atoms. The molecule has 0 unspecified atom stereocenters. The topological polar surface area (TPSA) is 62.5 Å². The largest absolute Gasteiger partial charge is 0.366 e. The third-order valence-corrected chi connectivity index (χ3v) is 6.71. The van der Waals surface area contributed by atoms with Gasteiger partial charge in [0.1, 0.15) is 19.5 Å². The molecule has 4 aromatic rings. The number of benzene rings is 2. The minimum atomic E-state index is -0.315. The van der Waals surface area contributed by atoms with Crippen molar-refractivity contribution < 1.29 is 9.18 Å². The highest BCUT2D eigenvalue weighted by atomic mass is 32.2. The standard InChI is InChI=1S/C24H23BFN5OS/c25-19-15-28-31-22(13-21(29-23(19)31)18-3-1-2-4-20(18)26)27-14-16-5-7-17(8-6-16)24(32)30-9-11-33-12-10-30/h1-8,13,15,27H,9-12,14,25H2. The zero-order valence-corrected chi connectivity index (χ0v) is 19.1. The number of thioether (sulfide) groups is 1. The monoisotopic (exact) mass is 459 g/mol. The van der Waals surface area contributed by atoms with Crippen LogP contribution in [0.5, 0.6) is 0 Å². The van der Waals surface area contributed by atoms with Crippen molar-refractivity contribution in [1.82, 2.24) is 19.5 Å². The van der Waals surface area contributed by atoms with Gasteiger partial charge < -0.3 is 10.2 Å². The fourth-order valence-electron chi connectivity index (χ4n) is 3.91. The van der Waals surface area contributed by atoms with Gasteiger partial charge in [-0.25, -0.2) is 9.37 Å². The Hall–Kier alpha value is -3.33. The van der Waals surface area contributed by atoms with Crippen LogP contribution in [-0.4, -0.2) is 57.8 Å². The van der Waals surface area contributed by atoms with Crippen molar-refractivity contribution in [2.75, 3.05) is 29.9 Å². The second kappa shape index (κ2) is 9.27. The van der Waals surface area contributed by atoms with Crippen LogP contribution in [0.1, 0.15) is 15.9 Å². The van der Waals surface area contributed by atoms with Gasteiger partial charge in [0.05, 0.1) is 5.69 Å². The summed E-state index contributed by atoms with van der Waals surface area (Å²) in [7, 11) is 1.93.